The first-order valence-electron chi connectivity index (χ1n) is 6.53. The number of nitrogens with one attached hydrogen (secondary N) is 1. The highest BCUT2D eigenvalue weighted by molar-refractivity contribution is 9.10. The van der Waals surface area contributed by atoms with Gasteiger partial charge in [-0.15, -0.1) is 0 Å². The molecule has 96 valence electrons. The fraction of sp³-hybridized carbons (Fsp3) is 0.769. The van der Waals surface area contributed by atoms with E-state index in [-0.39, 0.29) is 0 Å². The highest BCUT2D eigenvalue weighted by Crippen LogP contribution is 2.35. The van der Waals surface area contributed by atoms with Crippen molar-refractivity contribution in [1.29, 1.82) is 0 Å². The molecule has 0 amide bonds. The van der Waals surface area contributed by atoms with E-state index < -0.39 is 0 Å². The zero-order chi connectivity index (χ0) is 12.5. The number of aryl methyl sites for hydroxylation is 2. The van der Waals surface area contributed by atoms with Gasteiger partial charge in [-0.3, -0.25) is 4.68 Å². The summed E-state index contributed by atoms with van der Waals surface area (Å²) in [6.07, 6.45) is 4.70. The van der Waals surface area contributed by atoms with E-state index in [1.54, 1.807) is 0 Å². The summed E-state index contributed by atoms with van der Waals surface area (Å²) in [5.41, 5.74) is 3.01. The molecule has 1 aliphatic heterocycles. The predicted molar refractivity (Wildman–Crippen MR) is 74.2 cm³/mol. The molecule has 1 aromatic rings. The minimum absolute atomic E-state index is 0.468. The van der Waals surface area contributed by atoms with Gasteiger partial charge in [-0.1, -0.05) is 20.3 Å². The summed E-state index contributed by atoms with van der Waals surface area (Å²) in [4.78, 5) is 0. The fourth-order valence-corrected chi connectivity index (χ4v) is 3.52. The molecule has 1 aliphatic rings. The fourth-order valence-electron chi connectivity index (χ4n) is 2.77. The maximum absolute atomic E-state index is 4.58. The van der Waals surface area contributed by atoms with E-state index in [1.807, 2.05) is 0 Å². The normalized spacial score (nSPS) is 18.1. The Labute approximate surface area is 112 Å². The van der Waals surface area contributed by atoms with Gasteiger partial charge < -0.3 is 5.32 Å². The number of hydrogen-bond acceptors (Lipinski definition) is 2. The summed E-state index contributed by atoms with van der Waals surface area (Å²) in [5, 5.41) is 8.00. The average molecular weight is 300 g/mol. The van der Waals surface area contributed by atoms with Gasteiger partial charge in [0.1, 0.15) is 0 Å². The largest absolute Gasteiger partial charge is 0.316 e. The van der Waals surface area contributed by atoms with Crippen molar-refractivity contribution in [1.82, 2.24) is 15.1 Å². The quantitative estimate of drug-likeness (QED) is 0.906. The Balaban J connectivity index is 2.20. The zero-order valence-electron chi connectivity index (χ0n) is 11.0. The summed E-state index contributed by atoms with van der Waals surface area (Å²) in [7, 11) is 2.06. The smallest absolute Gasteiger partial charge is 0.0766 e. The first-order valence-corrected chi connectivity index (χ1v) is 7.32. The van der Waals surface area contributed by atoms with Gasteiger partial charge in [0.25, 0.3) is 0 Å². The molecule has 4 heteroatoms. The van der Waals surface area contributed by atoms with Crippen LogP contribution in [0, 0.1) is 5.41 Å². The molecule has 0 saturated carbocycles. The Hall–Kier alpha value is -0.350. The van der Waals surface area contributed by atoms with Gasteiger partial charge in [-0.2, -0.15) is 5.10 Å². The van der Waals surface area contributed by atoms with Crippen molar-refractivity contribution in [2.75, 3.05) is 13.1 Å². The second kappa shape index (κ2) is 5.11. The van der Waals surface area contributed by atoms with E-state index in [0.29, 0.717) is 5.41 Å². The number of hydrogen-bond donors (Lipinski definition) is 1. The monoisotopic (exact) mass is 299 g/mol. The Kier molecular flexibility index (Phi) is 3.93. The molecule has 0 aromatic carbocycles. The maximum atomic E-state index is 4.58. The lowest BCUT2D eigenvalue weighted by molar-refractivity contribution is 0.147. The van der Waals surface area contributed by atoms with Gasteiger partial charge in [0.15, 0.2) is 0 Å². The van der Waals surface area contributed by atoms with Crippen LogP contribution in [-0.2, 0) is 19.9 Å². The van der Waals surface area contributed by atoms with Crippen LogP contribution >= 0.6 is 15.9 Å². The third-order valence-corrected chi connectivity index (χ3v) is 4.74. The second-order valence-corrected chi connectivity index (χ2v) is 6.01. The van der Waals surface area contributed by atoms with Crippen LogP contribution in [0.25, 0.3) is 0 Å². The molecule has 3 nitrogen and oxygen atoms in total. The Morgan fingerprint density at radius 3 is 2.53 bits per heavy atom. The molecule has 2 heterocycles. The minimum Gasteiger partial charge on any atom is -0.316 e. The Morgan fingerprint density at radius 1 is 1.41 bits per heavy atom. The van der Waals surface area contributed by atoms with Gasteiger partial charge in [-0.05, 0) is 35.2 Å². The van der Waals surface area contributed by atoms with Crippen LogP contribution in [-0.4, -0.2) is 22.9 Å². The SMILES string of the molecule is CCCC1(Cc2c(Br)c(CC)nn2C)CNC1. The van der Waals surface area contributed by atoms with Crippen molar-refractivity contribution in [3.8, 4) is 0 Å². The third-order valence-electron chi connectivity index (χ3n) is 3.83. The topological polar surface area (TPSA) is 29.9 Å². The van der Waals surface area contributed by atoms with Gasteiger partial charge in [0.2, 0.25) is 0 Å². The summed E-state index contributed by atoms with van der Waals surface area (Å²) in [5.74, 6) is 0. The summed E-state index contributed by atoms with van der Waals surface area (Å²) >= 11 is 3.72. The number of rotatable bonds is 5. The lowest BCUT2D eigenvalue weighted by Gasteiger charge is -2.43. The lowest BCUT2D eigenvalue weighted by Crippen LogP contribution is -2.54. The molecule has 2 rings (SSSR count). The molecule has 0 aliphatic carbocycles. The number of halogens is 1. The molecule has 0 radical (unpaired) electrons. The van der Waals surface area contributed by atoms with Crippen LogP contribution in [0.15, 0.2) is 4.47 Å². The third kappa shape index (κ3) is 2.43. The van der Waals surface area contributed by atoms with E-state index in [4.69, 9.17) is 0 Å². The van der Waals surface area contributed by atoms with E-state index in [1.165, 1.54) is 28.7 Å². The van der Waals surface area contributed by atoms with Crippen molar-refractivity contribution in [3.05, 3.63) is 15.9 Å². The molecule has 1 aromatic heterocycles. The van der Waals surface area contributed by atoms with E-state index in [2.05, 4.69) is 51.9 Å². The number of aromatic nitrogens is 2. The molecule has 0 spiro atoms. The standard InChI is InChI=1S/C13H22BrN3/c1-4-6-13(8-15-9-13)7-11-12(14)10(5-2)16-17(11)3/h15H,4-9H2,1-3H3. The van der Waals surface area contributed by atoms with Crippen LogP contribution in [0.1, 0.15) is 38.1 Å². The van der Waals surface area contributed by atoms with Crippen LogP contribution < -0.4 is 5.32 Å². The molecule has 0 bridgehead atoms. The van der Waals surface area contributed by atoms with Crippen LogP contribution in [0.4, 0.5) is 0 Å². The molecule has 0 atom stereocenters. The van der Waals surface area contributed by atoms with Gasteiger partial charge in [0, 0.05) is 25.6 Å². The van der Waals surface area contributed by atoms with E-state index >= 15 is 0 Å². The summed E-state index contributed by atoms with van der Waals surface area (Å²) in [6.45, 7) is 6.74. The van der Waals surface area contributed by atoms with Crippen molar-refractivity contribution in [2.24, 2.45) is 12.5 Å². The Morgan fingerprint density at radius 2 is 2.12 bits per heavy atom. The van der Waals surface area contributed by atoms with E-state index in [0.717, 1.165) is 25.9 Å². The molecular weight excluding hydrogens is 278 g/mol. The first kappa shape index (κ1) is 13.1. The van der Waals surface area contributed by atoms with Crippen LogP contribution in [0.3, 0.4) is 0 Å². The maximum Gasteiger partial charge on any atom is 0.0766 e. The van der Waals surface area contributed by atoms with Crippen molar-refractivity contribution >= 4 is 15.9 Å². The molecule has 1 N–H and O–H groups in total. The molecule has 1 saturated heterocycles. The predicted octanol–water partition coefficient (Wildman–Crippen LogP) is 2.68. The summed E-state index contributed by atoms with van der Waals surface area (Å²) < 4.78 is 3.28. The van der Waals surface area contributed by atoms with Gasteiger partial charge in [0.05, 0.1) is 15.9 Å². The Bertz CT molecular complexity index is 394. The molecule has 17 heavy (non-hydrogen) atoms. The van der Waals surface area contributed by atoms with Crippen molar-refractivity contribution in [3.63, 3.8) is 0 Å². The molecule has 0 unspecified atom stereocenters. The lowest BCUT2D eigenvalue weighted by atomic mass is 9.74. The zero-order valence-corrected chi connectivity index (χ0v) is 12.6. The second-order valence-electron chi connectivity index (χ2n) is 5.21. The van der Waals surface area contributed by atoms with E-state index in [9.17, 15) is 0 Å². The summed E-state index contributed by atoms with van der Waals surface area (Å²) in [6, 6.07) is 0. The van der Waals surface area contributed by atoms with Crippen molar-refractivity contribution < 1.29 is 0 Å². The van der Waals surface area contributed by atoms with Crippen LogP contribution in [0.5, 0.6) is 0 Å². The molecule has 1 fully saturated rings. The average Bonchev–Trinajstić information content (AvgIpc) is 2.53. The first-order chi connectivity index (χ1) is 8.12. The van der Waals surface area contributed by atoms with Gasteiger partial charge in [-0.25, -0.2) is 0 Å². The minimum atomic E-state index is 0.468. The highest BCUT2D eigenvalue weighted by Gasteiger charge is 2.37. The van der Waals surface area contributed by atoms with Crippen molar-refractivity contribution in [2.45, 2.75) is 39.5 Å². The number of nitrogens with zero attached hydrogens (tertiary/aromatic N) is 2. The van der Waals surface area contributed by atoms with Crippen LogP contribution in [0.2, 0.25) is 0 Å². The van der Waals surface area contributed by atoms with Gasteiger partial charge >= 0.3 is 0 Å². The highest BCUT2D eigenvalue weighted by atomic mass is 79.9. The molecular formula is C13H22BrN3.